The van der Waals surface area contributed by atoms with E-state index in [1.54, 1.807) is 12.1 Å². The number of aromatic nitrogens is 2. The summed E-state index contributed by atoms with van der Waals surface area (Å²) >= 11 is 7.29. The number of nitrogens with one attached hydrogen (secondary N) is 3. The molecule has 2 aromatic carbocycles. The van der Waals surface area contributed by atoms with E-state index in [9.17, 15) is 9.59 Å². The number of anilines is 2. The summed E-state index contributed by atoms with van der Waals surface area (Å²) in [5.74, 6) is -0.427. The van der Waals surface area contributed by atoms with Crippen molar-refractivity contribution in [2.75, 3.05) is 10.6 Å². The summed E-state index contributed by atoms with van der Waals surface area (Å²) in [6.45, 7) is 7.81. The van der Waals surface area contributed by atoms with Crippen LogP contribution in [0.1, 0.15) is 31.4 Å². The predicted molar refractivity (Wildman–Crippen MR) is 130 cm³/mol. The number of carbonyl (C=O) groups is 2. The first-order valence-corrected chi connectivity index (χ1v) is 11.5. The van der Waals surface area contributed by atoms with Crippen molar-refractivity contribution >= 4 is 45.7 Å². The summed E-state index contributed by atoms with van der Waals surface area (Å²) in [6, 6.07) is 11.8. The molecule has 2 atom stereocenters. The summed E-state index contributed by atoms with van der Waals surface area (Å²) in [7, 11) is 0. The molecule has 168 valence electrons. The highest BCUT2D eigenvalue weighted by Crippen LogP contribution is 2.28. The summed E-state index contributed by atoms with van der Waals surface area (Å²) in [5, 5.41) is 18.2. The van der Waals surface area contributed by atoms with Gasteiger partial charge in [-0.2, -0.15) is 0 Å². The third-order valence-corrected chi connectivity index (χ3v) is 6.48. The maximum Gasteiger partial charge on any atom is 0.319 e. The topological polar surface area (TPSA) is 96.0 Å². The Morgan fingerprint density at radius 2 is 1.84 bits per heavy atom. The van der Waals surface area contributed by atoms with Crippen molar-refractivity contribution in [3.8, 4) is 10.6 Å². The Morgan fingerprint density at radius 3 is 2.56 bits per heavy atom. The highest BCUT2D eigenvalue weighted by Gasteiger charge is 2.27. The maximum atomic E-state index is 13.0. The number of carbonyl (C=O) groups excluding carboxylic acids is 2. The van der Waals surface area contributed by atoms with Crippen LogP contribution in [0, 0.1) is 19.8 Å². The van der Waals surface area contributed by atoms with Crippen molar-refractivity contribution in [1.82, 2.24) is 15.5 Å². The third-order valence-electron chi connectivity index (χ3n) is 5.36. The normalized spacial score (nSPS) is 12.7. The van der Waals surface area contributed by atoms with E-state index in [4.69, 9.17) is 11.6 Å². The van der Waals surface area contributed by atoms with E-state index in [-0.39, 0.29) is 11.8 Å². The lowest BCUT2D eigenvalue weighted by Gasteiger charge is -2.23. The van der Waals surface area contributed by atoms with E-state index >= 15 is 0 Å². The van der Waals surface area contributed by atoms with Crippen molar-refractivity contribution in [2.45, 2.75) is 40.2 Å². The molecule has 3 amide bonds. The molecule has 3 aromatic rings. The van der Waals surface area contributed by atoms with Crippen molar-refractivity contribution in [3.05, 3.63) is 58.6 Å². The first kappa shape index (κ1) is 23.7. The van der Waals surface area contributed by atoms with E-state index in [1.165, 1.54) is 11.3 Å². The highest BCUT2D eigenvalue weighted by atomic mass is 35.5. The predicted octanol–water partition coefficient (Wildman–Crippen LogP) is 5.65. The quantitative estimate of drug-likeness (QED) is 0.414. The van der Waals surface area contributed by atoms with Crippen LogP contribution in [-0.2, 0) is 4.79 Å². The lowest BCUT2D eigenvalue weighted by atomic mass is 9.98. The van der Waals surface area contributed by atoms with E-state index in [1.807, 2.05) is 58.0 Å². The minimum Gasteiger partial charge on any atom is -0.326 e. The SMILES string of the molecule is CC[C@H](C)[C@H](NC(=O)Nc1cccc(C)c1C)C(=O)Nc1nnc(-c2cccc(Cl)c2)s1. The zero-order chi connectivity index (χ0) is 23.3. The van der Waals surface area contributed by atoms with Gasteiger partial charge < -0.3 is 10.6 Å². The molecular formula is C23H26ClN5O2S. The molecule has 1 heterocycles. The molecule has 9 heteroatoms. The molecule has 0 aliphatic rings. The largest absolute Gasteiger partial charge is 0.326 e. The van der Waals surface area contributed by atoms with Crippen LogP contribution in [0.5, 0.6) is 0 Å². The Hall–Kier alpha value is -2.97. The van der Waals surface area contributed by atoms with E-state index in [0.29, 0.717) is 27.3 Å². The number of rotatable bonds is 7. The van der Waals surface area contributed by atoms with Crippen LogP contribution in [0.25, 0.3) is 10.6 Å². The number of nitrogens with zero attached hydrogens (tertiary/aromatic N) is 2. The second kappa shape index (κ2) is 10.6. The second-order valence-electron chi connectivity index (χ2n) is 7.62. The van der Waals surface area contributed by atoms with Gasteiger partial charge in [0.25, 0.3) is 0 Å². The number of aryl methyl sites for hydroxylation is 1. The fourth-order valence-electron chi connectivity index (χ4n) is 3.08. The van der Waals surface area contributed by atoms with Gasteiger partial charge >= 0.3 is 6.03 Å². The Bertz CT molecular complexity index is 1120. The molecule has 0 spiro atoms. The zero-order valence-corrected chi connectivity index (χ0v) is 20.0. The van der Waals surface area contributed by atoms with Crippen molar-refractivity contribution in [2.24, 2.45) is 5.92 Å². The molecule has 0 bridgehead atoms. The molecule has 3 N–H and O–H groups in total. The number of hydrogen-bond donors (Lipinski definition) is 3. The van der Waals surface area contributed by atoms with Gasteiger partial charge in [-0.05, 0) is 49.1 Å². The Labute approximate surface area is 196 Å². The zero-order valence-electron chi connectivity index (χ0n) is 18.4. The van der Waals surface area contributed by atoms with Gasteiger partial charge in [0.1, 0.15) is 11.0 Å². The third kappa shape index (κ3) is 5.83. The number of urea groups is 1. The summed E-state index contributed by atoms with van der Waals surface area (Å²) in [4.78, 5) is 25.6. The highest BCUT2D eigenvalue weighted by molar-refractivity contribution is 7.18. The summed E-state index contributed by atoms with van der Waals surface area (Å²) < 4.78 is 0. The molecule has 3 rings (SSSR count). The minimum atomic E-state index is -0.733. The molecule has 0 saturated carbocycles. The van der Waals surface area contributed by atoms with E-state index in [0.717, 1.165) is 16.7 Å². The van der Waals surface area contributed by atoms with Gasteiger partial charge in [-0.3, -0.25) is 10.1 Å². The van der Waals surface area contributed by atoms with Gasteiger partial charge in [0.05, 0.1) is 0 Å². The second-order valence-corrected chi connectivity index (χ2v) is 9.04. The smallest absolute Gasteiger partial charge is 0.319 e. The average molecular weight is 472 g/mol. The molecule has 0 saturated heterocycles. The van der Waals surface area contributed by atoms with E-state index in [2.05, 4.69) is 26.1 Å². The van der Waals surface area contributed by atoms with Gasteiger partial charge in [0.2, 0.25) is 11.0 Å². The average Bonchev–Trinajstić information content (AvgIpc) is 3.23. The van der Waals surface area contributed by atoms with Gasteiger partial charge in [-0.1, -0.05) is 67.5 Å². The molecule has 32 heavy (non-hydrogen) atoms. The molecule has 7 nitrogen and oxygen atoms in total. The van der Waals surface area contributed by atoms with Gasteiger partial charge in [-0.25, -0.2) is 4.79 Å². The molecule has 0 aliphatic carbocycles. The van der Waals surface area contributed by atoms with Crippen LogP contribution < -0.4 is 16.0 Å². The molecular weight excluding hydrogens is 446 g/mol. The maximum absolute atomic E-state index is 13.0. The lowest BCUT2D eigenvalue weighted by molar-refractivity contribution is -0.119. The lowest BCUT2D eigenvalue weighted by Crippen LogP contribution is -2.49. The molecule has 0 aliphatic heterocycles. The summed E-state index contributed by atoms with van der Waals surface area (Å²) in [5.41, 5.74) is 3.58. The van der Waals surface area contributed by atoms with Gasteiger partial charge in [0.15, 0.2) is 0 Å². The number of amides is 3. The Balaban J connectivity index is 1.70. The number of benzene rings is 2. The Kier molecular flexibility index (Phi) is 7.82. The number of halogens is 1. The van der Waals surface area contributed by atoms with E-state index < -0.39 is 12.1 Å². The van der Waals surface area contributed by atoms with Crippen LogP contribution in [0.3, 0.4) is 0 Å². The van der Waals surface area contributed by atoms with Crippen LogP contribution in [-0.4, -0.2) is 28.2 Å². The molecule has 1 aromatic heterocycles. The molecule has 0 unspecified atom stereocenters. The Morgan fingerprint density at radius 1 is 1.09 bits per heavy atom. The minimum absolute atomic E-state index is 0.0836. The van der Waals surface area contributed by atoms with Crippen LogP contribution in [0.4, 0.5) is 15.6 Å². The van der Waals surface area contributed by atoms with Crippen molar-refractivity contribution in [1.29, 1.82) is 0 Å². The molecule has 0 fully saturated rings. The fraction of sp³-hybridized carbons (Fsp3) is 0.304. The van der Waals surface area contributed by atoms with Crippen molar-refractivity contribution < 1.29 is 9.59 Å². The number of hydrogen-bond acceptors (Lipinski definition) is 5. The monoisotopic (exact) mass is 471 g/mol. The van der Waals surface area contributed by atoms with Gasteiger partial charge in [-0.15, -0.1) is 10.2 Å². The standard InChI is InChI=1S/C23H26ClN5O2S/c1-5-13(2)19(26-22(31)25-18-11-6-8-14(3)15(18)4)20(30)27-23-29-28-21(32-23)16-9-7-10-17(24)12-16/h6-13,19H,5H2,1-4H3,(H2,25,26,31)(H,27,29,30)/t13-,19-/m0/s1. The van der Waals surface area contributed by atoms with Crippen LogP contribution >= 0.6 is 22.9 Å². The van der Waals surface area contributed by atoms with Gasteiger partial charge in [0, 0.05) is 16.3 Å². The van der Waals surface area contributed by atoms with Crippen LogP contribution in [0.2, 0.25) is 5.02 Å². The molecule has 0 radical (unpaired) electrons. The first-order valence-electron chi connectivity index (χ1n) is 10.3. The first-order chi connectivity index (χ1) is 15.3. The fourth-order valence-corrected chi connectivity index (χ4v) is 4.02. The van der Waals surface area contributed by atoms with Crippen LogP contribution in [0.15, 0.2) is 42.5 Å². The van der Waals surface area contributed by atoms with Crippen molar-refractivity contribution in [3.63, 3.8) is 0 Å². The summed E-state index contributed by atoms with van der Waals surface area (Å²) in [6.07, 6.45) is 0.714.